The van der Waals surface area contributed by atoms with E-state index in [9.17, 15) is 9.59 Å². The highest BCUT2D eigenvalue weighted by atomic mass is 32.1. The highest BCUT2D eigenvalue weighted by molar-refractivity contribution is 7.15. The quantitative estimate of drug-likeness (QED) is 0.322. The van der Waals surface area contributed by atoms with Crippen molar-refractivity contribution < 1.29 is 14.3 Å². The maximum Gasteiger partial charge on any atom is 0.407 e. The number of alkyl carbamates (subject to hydrolysis) is 1. The first kappa shape index (κ1) is 27.1. The van der Waals surface area contributed by atoms with Crippen LogP contribution in [-0.2, 0) is 24.1 Å². The standard InChI is InChI=1S/C30H30N6O3S/c1-30(2,3)39-29(38)33-24-11-12-25-26(14-24)40-28(34-25)35-27(37)22-6-4-5-20(13-22)17-36-18-23(16-32-36)21-9-7-19(15-31)8-10-21/h4-10,13,16,18,24H,11-12,14,17H2,1-3H3,(H,33,38)(H,34,35,37). The maximum atomic E-state index is 13.1. The molecule has 10 heteroatoms. The number of amides is 2. The van der Waals surface area contributed by atoms with Gasteiger partial charge < -0.3 is 10.1 Å². The molecule has 9 nitrogen and oxygen atoms in total. The molecular formula is C30H30N6O3S. The minimum absolute atomic E-state index is 0.0252. The number of hydrogen-bond acceptors (Lipinski definition) is 7. The maximum absolute atomic E-state index is 13.1. The number of carbonyl (C=O) groups is 2. The predicted molar refractivity (Wildman–Crippen MR) is 153 cm³/mol. The molecule has 1 aliphatic rings. The van der Waals surface area contributed by atoms with E-state index in [1.807, 2.05) is 62.0 Å². The Hall–Kier alpha value is -4.49. The minimum atomic E-state index is -0.545. The van der Waals surface area contributed by atoms with E-state index in [1.165, 1.54) is 11.3 Å². The summed E-state index contributed by atoms with van der Waals surface area (Å²) in [7, 11) is 0. The highest BCUT2D eigenvalue weighted by Crippen LogP contribution is 2.30. The van der Waals surface area contributed by atoms with E-state index in [0.29, 0.717) is 29.2 Å². The Balaban J connectivity index is 1.20. The molecule has 1 unspecified atom stereocenters. The number of nitrogens with one attached hydrogen (secondary N) is 2. The topological polar surface area (TPSA) is 122 Å². The number of thiazole rings is 1. The van der Waals surface area contributed by atoms with Crippen molar-refractivity contribution in [2.24, 2.45) is 0 Å². The molecule has 0 spiro atoms. The summed E-state index contributed by atoms with van der Waals surface area (Å²) in [4.78, 5) is 30.9. The molecule has 2 amide bonds. The van der Waals surface area contributed by atoms with E-state index < -0.39 is 11.7 Å². The lowest BCUT2D eigenvalue weighted by Crippen LogP contribution is -2.41. The second-order valence-corrected chi connectivity index (χ2v) is 11.8. The van der Waals surface area contributed by atoms with E-state index in [4.69, 9.17) is 10.00 Å². The number of fused-ring (bicyclic) bond motifs is 1. The Morgan fingerprint density at radius 3 is 2.73 bits per heavy atom. The number of benzene rings is 2. The molecule has 0 bridgehead atoms. The van der Waals surface area contributed by atoms with Crippen molar-refractivity contribution in [2.75, 3.05) is 5.32 Å². The lowest BCUT2D eigenvalue weighted by molar-refractivity contribution is 0.0500. The summed E-state index contributed by atoms with van der Waals surface area (Å²) in [6, 6.07) is 16.9. The minimum Gasteiger partial charge on any atom is -0.444 e. The summed E-state index contributed by atoms with van der Waals surface area (Å²) in [5.41, 5.74) is 4.45. The van der Waals surface area contributed by atoms with Gasteiger partial charge in [-0.1, -0.05) is 24.3 Å². The molecule has 0 aliphatic heterocycles. The first-order valence-electron chi connectivity index (χ1n) is 13.1. The van der Waals surface area contributed by atoms with Crippen molar-refractivity contribution >= 4 is 28.5 Å². The second-order valence-electron chi connectivity index (χ2n) is 10.7. The lowest BCUT2D eigenvalue weighted by atomic mass is 9.98. The largest absolute Gasteiger partial charge is 0.444 e. The number of hydrogen-bond donors (Lipinski definition) is 2. The van der Waals surface area contributed by atoms with Gasteiger partial charge in [-0.05, 0) is 69.0 Å². The van der Waals surface area contributed by atoms with Crippen LogP contribution in [0.1, 0.15) is 59.2 Å². The Kier molecular flexibility index (Phi) is 7.67. The Bertz CT molecular complexity index is 1580. The van der Waals surface area contributed by atoms with Crippen LogP contribution in [0.25, 0.3) is 11.1 Å². The third kappa shape index (κ3) is 6.74. The molecule has 1 aliphatic carbocycles. The average molecular weight is 555 g/mol. The van der Waals surface area contributed by atoms with Crippen LogP contribution in [0.3, 0.4) is 0 Å². The predicted octanol–water partition coefficient (Wildman–Crippen LogP) is 5.56. The van der Waals surface area contributed by atoms with Gasteiger partial charge in [0.05, 0.1) is 30.1 Å². The lowest BCUT2D eigenvalue weighted by Gasteiger charge is -2.25. The van der Waals surface area contributed by atoms with Crippen LogP contribution in [0, 0.1) is 11.3 Å². The molecule has 2 aromatic carbocycles. The molecule has 2 N–H and O–H groups in total. The number of rotatable bonds is 6. The van der Waals surface area contributed by atoms with Crippen molar-refractivity contribution in [3.05, 3.63) is 88.2 Å². The third-order valence-electron chi connectivity index (χ3n) is 6.40. The van der Waals surface area contributed by atoms with Crippen LogP contribution >= 0.6 is 11.3 Å². The monoisotopic (exact) mass is 554 g/mol. The molecule has 0 saturated heterocycles. The van der Waals surface area contributed by atoms with Gasteiger partial charge in [-0.3, -0.25) is 14.8 Å². The van der Waals surface area contributed by atoms with E-state index in [2.05, 4.69) is 26.8 Å². The van der Waals surface area contributed by atoms with E-state index in [-0.39, 0.29) is 11.9 Å². The molecule has 40 heavy (non-hydrogen) atoms. The van der Waals surface area contributed by atoms with Gasteiger partial charge in [-0.15, -0.1) is 11.3 Å². The number of ether oxygens (including phenoxy) is 1. The number of nitrogens with zero attached hydrogens (tertiary/aromatic N) is 4. The van der Waals surface area contributed by atoms with Crippen LogP contribution in [0.5, 0.6) is 0 Å². The fraction of sp³-hybridized carbons (Fsp3) is 0.300. The van der Waals surface area contributed by atoms with Gasteiger partial charge in [-0.25, -0.2) is 9.78 Å². The number of anilines is 1. The first-order valence-corrected chi connectivity index (χ1v) is 13.9. The van der Waals surface area contributed by atoms with E-state index >= 15 is 0 Å². The summed E-state index contributed by atoms with van der Waals surface area (Å²) in [6.07, 6.45) is 5.47. The molecule has 5 rings (SSSR count). The molecule has 2 aromatic heterocycles. The van der Waals surface area contributed by atoms with Crippen molar-refractivity contribution in [1.29, 1.82) is 5.26 Å². The Morgan fingerprint density at radius 1 is 1.18 bits per heavy atom. The Morgan fingerprint density at radius 2 is 1.98 bits per heavy atom. The normalized spacial score (nSPS) is 14.6. The van der Waals surface area contributed by atoms with E-state index in [1.54, 1.807) is 24.4 Å². The van der Waals surface area contributed by atoms with Gasteiger partial charge in [0, 0.05) is 34.7 Å². The number of aryl methyl sites for hydroxylation is 1. The van der Waals surface area contributed by atoms with E-state index in [0.717, 1.165) is 40.1 Å². The number of nitriles is 1. The fourth-order valence-electron chi connectivity index (χ4n) is 4.53. The third-order valence-corrected chi connectivity index (χ3v) is 7.43. The molecule has 4 aromatic rings. The van der Waals surface area contributed by atoms with Crippen molar-refractivity contribution in [2.45, 2.75) is 58.2 Å². The van der Waals surface area contributed by atoms with Crippen LogP contribution in [0.15, 0.2) is 60.9 Å². The number of carbonyl (C=O) groups excluding carboxylic acids is 2. The molecule has 204 valence electrons. The molecule has 0 fully saturated rings. The van der Waals surface area contributed by atoms with Crippen LogP contribution < -0.4 is 10.6 Å². The van der Waals surface area contributed by atoms with Gasteiger partial charge in [0.25, 0.3) is 5.91 Å². The van der Waals surface area contributed by atoms with Gasteiger partial charge in [0.2, 0.25) is 0 Å². The zero-order valence-corrected chi connectivity index (χ0v) is 23.4. The second kappa shape index (κ2) is 11.3. The summed E-state index contributed by atoms with van der Waals surface area (Å²) in [5.74, 6) is -0.227. The SMILES string of the molecule is CC(C)(C)OC(=O)NC1CCc2nc(NC(=O)c3cccc(Cn4cc(-c5ccc(C#N)cc5)cn4)c3)sc2C1. The molecule has 1 atom stereocenters. The van der Waals surface area contributed by atoms with Crippen LogP contribution in [0.2, 0.25) is 0 Å². The van der Waals surface area contributed by atoms with Crippen LogP contribution in [-0.4, -0.2) is 38.4 Å². The molecule has 2 heterocycles. The van der Waals surface area contributed by atoms with Crippen LogP contribution in [0.4, 0.5) is 9.93 Å². The zero-order chi connectivity index (χ0) is 28.3. The smallest absolute Gasteiger partial charge is 0.407 e. The summed E-state index contributed by atoms with van der Waals surface area (Å²) >= 11 is 1.44. The summed E-state index contributed by atoms with van der Waals surface area (Å²) < 4.78 is 7.20. The van der Waals surface area contributed by atoms with Crippen molar-refractivity contribution in [3.8, 4) is 17.2 Å². The molecule has 0 radical (unpaired) electrons. The molecular weight excluding hydrogens is 524 g/mol. The van der Waals surface area contributed by atoms with Gasteiger partial charge in [0.1, 0.15) is 5.60 Å². The molecule has 0 saturated carbocycles. The first-order chi connectivity index (χ1) is 19.1. The van der Waals surface area contributed by atoms with Crippen molar-refractivity contribution in [1.82, 2.24) is 20.1 Å². The van der Waals surface area contributed by atoms with Gasteiger partial charge in [-0.2, -0.15) is 10.4 Å². The van der Waals surface area contributed by atoms with Gasteiger partial charge in [0.15, 0.2) is 5.13 Å². The highest BCUT2D eigenvalue weighted by Gasteiger charge is 2.26. The van der Waals surface area contributed by atoms with Crippen molar-refractivity contribution in [3.63, 3.8) is 0 Å². The fourth-order valence-corrected chi connectivity index (χ4v) is 5.61. The average Bonchev–Trinajstić information content (AvgIpc) is 3.54. The summed E-state index contributed by atoms with van der Waals surface area (Å²) in [6.45, 7) is 6.03. The zero-order valence-electron chi connectivity index (χ0n) is 22.6. The Labute approximate surface area is 236 Å². The van der Waals surface area contributed by atoms with Gasteiger partial charge >= 0.3 is 6.09 Å². The summed E-state index contributed by atoms with van der Waals surface area (Å²) in [5, 5.41) is 19.9. The number of aromatic nitrogens is 3.